The summed E-state index contributed by atoms with van der Waals surface area (Å²) < 4.78 is 1.75. The van der Waals surface area contributed by atoms with Crippen LogP contribution in [0.25, 0.3) is 0 Å². The molecule has 1 aliphatic rings. The second-order valence-corrected chi connectivity index (χ2v) is 6.69. The van der Waals surface area contributed by atoms with Crippen LogP contribution in [0.5, 0.6) is 0 Å². The number of hydrogen-bond acceptors (Lipinski definition) is 4. The van der Waals surface area contributed by atoms with Crippen LogP contribution in [0.1, 0.15) is 12.0 Å². The number of anilines is 1. The Hall–Kier alpha value is -1.79. The zero-order chi connectivity index (χ0) is 17.1. The number of hydrogen-bond donors (Lipinski definition) is 0. The highest BCUT2D eigenvalue weighted by Crippen LogP contribution is 2.26. The van der Waals surface area contributed by atoms with Crippen molar-refractivity contribution in [2.45, 2.75) is 12.8 Å². The minimum Gasteiger partial charge on any atom is -0.352 e. The largest absolute Gasteiger partial charge is 0.352 e. The van der Waals surface area contributed by atoms with Crippen LogP contribution >= 0.6 is 23.2 Å². The first-order valence-electron chi connectivity index (χ1n) is 7.84. The summed E-state index contributed by atoms with van der Waals surface area (Å²) in [5.41, 5.74) is 1.08. The summed E-state index contributed by atoms with van der Waals surface area (Å²) in [4.78, 5) is 20.6. The first-order chi connectivity index (χ1) is 11.5. The van der Waals surface area contributed by atoms with E-state index in [1.807, 2.05) is 18.1 Å². The molecule has 0 unspecified atom stereocenters. The molecule has 8 heteroatoms. The zero-order valence-electron chi connectivity index (χ0n) is 13.5. The van der Waals surface area contributed by atoms with E-state index in [-0.39, 0.29) is 5.91 Å². The third kappa shape index (κ3) is 3.99. The Balaban J connectivity index is 1.51. The molecule has 1 amide bonds. The Morgan fingerprint density at radius 2 is 1.96 bits per heavy atom. The molecule has 0 bridgehead atoms. The fourth-order valence-electron chi connectivity index (χ4n) is 2.82. The second-order valence-electron chi connectivity index (χ2n) is 5.85. The summed E-state index contributed by atoms with van der Waals surface area (Å²) in [6.07, 6.45) is 6.57. The van der Waals surface area contributed by atoms with Crippen LogP contribution in [-0.4, -0.2) is 51.8 Å². The molecule has 6 nitrogen and oxygen atoms in total. The smallest absolute Gasteiger partial charge is 0.223 e. The van der Waals surface area contributed by atoms with Crippen molar-refractivity contribution in [2.24, 2.45) is 7.05 Å². The number of carbonyl (C=O) groups is 1. The lowest BCUT2D eigenvalue weighted by molar-refractivity contribution is -0.131. The van der Waals surface area contributed by atoms with Gasteiger partial charge in [-0.05, 0) is 18.1 Å². The Kier molecular flexibility index (Phi) is 5.26. The highest BCUT2D eigenvalue weighted by atomic mass is 35.5. The summed E-state index contributed by atoms with van der Waals surface area (Å²) in [5.74, 6) is 0.900. The van der Waals surface area contributed by atoms with E-state index in [9.17, 15) is 4.79 Å². The average Bonchev–Trinajstić information content (AvgIpc) is 2.98. The molecule has 0 aromatic carbocycles. The molecule has 0 N–H and O–H groups in total. The summed E-state index contributed by atoms with van der Waals surface area (Å²) in [7, 11) is 1.88. The lowest BCUT2D eigenvalue weighted by Gasteiger charge is -2.35. The van der Waals surface area contributed by atoms with Gasteiger partial charge in [-0.2, -0.15) is 5.10 Å². The molecule has 0 aliphatic carbocycles. The molecule has 0 radical (unpaired) electrons. The highest BCUT2D eigenvalue weighted by molar-refractivity contribution is 6.36. The molecule has 128 valence electrons. The van der Waals surface area contributed by atoms with Gasteiger partial charge in [0.15, 0.2) is 0 Å². The van der Waals surface area contributed by atoms with Crippen molar-refractivity contribution in [3.63, 3.8) is 0 Å². The van der Waals surface area contributed by atoms with E-state index < -0.39 is 0 Å². The predicted molar refractivity (Wildman–Crippen MR) is 94.6 cm³/mol. The molecule has 1 fully saturated rings. The molecule has 3 heterocycles. The van der Waals surface area contributed by atoms with Crippen molar-refractivity contribution < 1.29 is 4.79 Å². The Morgan fingerprint density at radius 1 is 1.21 bits per heavy atom. The fraction of sp³-hybridized carbons (Fsp3) is 0.438. The van der Waals surface area contributed by atoms with Crippen molar-refractivity contribution in [3.05, 3.63) is 40.3 Å². The van der Waals surface area contributed by atoms with Gasteiger partial charge in [-0.3, -0.25) is 9.48 Å². The Morgan fingerprint density at radius 3 is 2.58 bits per heavy atom. The van der Waals surface area contributed by atoms with Gasteiger partial charge in [0.05, 0.1) is 16.2 Å². The molecule has 0 atom stereocenters. The number of amides is 1. The molecular weight excluding hydrogens is 349 g/mol. The first-order valence-corrected chi connectivity index (χ1v) is 8.60. The number of rotatable bonds is 4. The van der Waals surface area contributed by atoms with E-state index >= 15 is 0 Å². The number of aryl methyl sites for hydroxylation is 2. The fourth-order valence-corrected chi connectivity index (χ4v) is 3.32. The van der Waals surface area contributed by atoms with Crippen LogP contribution in [0.2, 0.25) is 10.0 Å². The number of nitrogens with zero attached hydrogens (tertiary/aromatic N) is 5. The van der Waals surface area contributed by atoms with Crippen LogP contribution in [0.3, 0.4) is 0 Å². The molecule has 0 spiro atoms. The summed E-state index contributed by atoms with van der Waals surface area (Å²) in [6.45, 7) is 2.78. The van der Waals surface area contributed by atoms with Gasteiger partial charge in [-0.1, -0.05) is 23.2 Å². The number of carbonyl (C=O) groups excluding carboxylic acids is 1. The third-order valence-corrected chi connectivity index (χ3v) is 4.59. The monoisotopic (exact) mass is 367 g/mol. The maximum atomic E-state index is 12.4. The van der Waals surface area contributed by atoms with Gasteiger partial charge >= 0.3 is 0 Å². The van der Waals surface area contributed by atoms with Crippen LogP contribution in [0, 0.1) is 0 Å². The SMILES string of the molecule is Cn1cc(CCC(=O)N2CCN(c3ncc(Cl)cc3Cl)CC2)cn1. The first kappa shape index (κ1) is 17.0. The molecule has 2 aromatic heterocycles. The number of halogens is 2. The molecule has 3 rings (SSSR count). The normalized spacial score (nSPS) is 15.0. The Bertz CT molecular complexity index is 725. The van der Waals surface area contributed by atoms with E-state index in [0.29, 0.717) is 42.6 Å². The molecule has 1 saturated heterocycles. The standard InChI is InChI=1S/C16H19Cl2N5O/c1-21-11-12(9-20-21)2-3-15(24)22-4-6-23(7-5-22)16-14(18)8-13(17)10-19-16/h8-11H,2-7H2,1H3. The summed E-state index contributed by atoms with van der Waals surface area (Å²) >= 11 is 12.1. The molecule has 0 saturated carbocycles. The lowest BCUT2D eigenvalue weighted by Crippen LogP contribution is -2.49. The number of piperazine rings is 1. The average molecular weight is 368 g/mol. The minimum atomic E-state index is 0.175. The van der Waals surface area contributed by atoms with Crippen LogP contribution in [-0.2, 0) is 18.3 Å². The van der Waals surface area contributed by atoms with Gasteiger partial charge in [0.25, 0.3) is 0 Å². The quantitative estimate of drug-likeness (QED) is 0.832. The third-order valence-electron chi connectivity index (χ3n) is 4.11. The van der Waals surface area contributed by atoms with E-state index in [2.05, 4.69) is 15.0 Å². The van der Waals surface area contributed by atoms with Crippen molar-refractivity contribution >= 4 is 34.9 Å². The van der Waals surface area contributed by atoms with Crippen molar-refractivity contribution in [2.75, 3.05) is 31.1 Å². The molecule has 1 aliphatic heterocycles. The van der Waals surface area contributed by atoms with Gasteiger partial charge in [0.2, 0.25) is 5.91 Å². The molecule has 2 aromatic rings. The molecular formula is C16H19Cl2N5O. The van der Waals surface area contributed by atoms with Crippen molar-refractivity contribution in [1.29, 1.82) is 0 Å². The van der Waals surface area contributed by atoms with E-state index in [0.717, 1.165) is 17.8 Å². The summed E-state index contributed by atoms with van der Waals surface area (Å²) in [6, 6.07) is 1.69. The minimum absolute atomic E-state index is 0.175. The van der Waals surface area contributed by atoms with Crippen molar-refractivity contribution in [1.82, 2.24) is 19.7 Å². The van der Waals surface area contributed by atoms with E-state index in [1.54, 1.807) is 23.1 Å². The number of aromatic nitrogens is 3. The van der Waals surface area contributed by atoms with Crippen LogP contribution in [0.15, 0.2) is 24.7 Å². The van der Waals surface area contributed by atoms with E-state index in [4.69, 9.17) is 23.2 Å². The van der Waals surface area contributed by atoms with Gasteiger partial charge < -0.3 is 9.80 Å². The Labute approximate surface area is 151 Å². The second kappa shape index (κ2) is 7.40. The van der Waals surface area contributed by atoms with Crippen LogP contribution in [0.4, 0.5) is 5.82 Å². The maximum Gasteiger partial charge on any atom is 0.223 e. The van der Waals surface area contributed by atoms with Gasteiger partial charge in [0.1, 0.15) is 5.82 Å². The highest BCUT2D eigenvalue weighted by Gasteiger charge is 2.23. The number of pyridine rings is 1. The summed E-state index contributed by atoms with van der Waals surface area (Å²) in [5, 5.41) is 5.18. The molecule has 24 heavy (non-hydrogen) atoms. The zero-order valence-corrected chi connectivity index (χ0v) is 15.0. The van der Waals surface area contributed by atoms with Crippen LogP contribution < -0.4 is 4.90 Å². The van der Waals surface area contributed by atoms with Gasteiger partial charge in [-0.25, -0.2) is 4.98 Å². The maximum absolute atomic E-state index is 12.4. The lowest BCUT2D eigenvalue weighted by atomic mass is 10.1. The predicted octanol–water partition coefficient (Wildman–Crippen LogP) is 2.40. The van der Waals surface area contributed by atoms with E-state index in [1.165, 1.54) is 0 Å². The van der Waals surface area contributed by atoms with Gasteiger partial charge in [-0.15, -0.1) is 0 Å². The van der Waals surface area contributed by atoms with Crippen molar-refractivity contribution in [3.8, 4) is 0 Å². The van der Waals surface area contributed by atoms with Gasteiger partial charge in [0, 0.05) is 52.0 Å². The topological polar surface area (TPSA) is 54.3 Å².